The van der Waals surface area contributed by atoms with Crippen LogP contribution in [0.25, 0.3) is 0 Å². The number of hydrogen-bond acceptors (Lipinski definition) is 1. The highest BCUT2D eigenvalue weighted by molar-refractivity contribution is 5.76. The van der Waals surface area contributed by atoms with Crippen LogP contribution in [0.4, 0.5) is 0 Å². The van der Waals surface area contributed by atoms with Gasteiger partial charge in [-0.25, -0.2) is 5.11 Å². The molecule has 0 aliphatic carbocycles. The van der Waals surface area contributed by atoms with Gasteiger partial charge in [-0.2, -0.15) is 0 Å². The van der Waals surface area contributed by atoms with Crippen LogP contribution >= 0.6 is 0 Å². The Morgan fingerprint density at radius 1 is 0.696 bits per heavy atom. The van der Waals surface area contributed by atoms with E-state index in [4.69, 9.17) is 5.73 Å². The molecule has 0 saturated carbocycles. The summed E-state index contributed by atoms with van der Waals surface area (Å²) in [5.74, 6) is -0.486. The van der Waals surface area contributed by atoms with Gasteiger partial charge in [-0.05, 0) is 12.8 Å². The zero-order valence-electron chi connectivity index (χ0n) is 15.5. The minimum atomic E-state index is -0.296. The Morgan fingerprint density at radius 3 is 1.43 bits per heavy atom. The molecule has 1 unspecified atom stereocenters. The lowest BCUT2D eigenvalue weighted by Gasteiger charge is -2.10. The Kier molecular flexibility index (Phi) is 17.3. The topological polar surface area (TPSA) is 63.0 Å². The maximum Gasteiger partial charge on any atom is 0.220 e. The second kappa shape index (κ2) is 17.8. The van der Waals surface area contributed by atoms with Crippen molar-refractivity contribution in [3.05, 3.63) is 0 Å². The Labute approximate surface area is 144 Å². The first-order chi connectivity index (χ1) is 11.2. The number of hydrogen-bond donors (Lipinski definition) is 1. The standard InChI is InChI=1S/C20H40NO2/c1-2-3-4-5-6-7-8-9-10-11-12-13-14-15-16-19(17-18-22)20(21)23/h19H,2-18H2,1H3,(H2,21,23). The summed E-state index contributed by atoms with van der Waals surface area (Å²) in [4.78, 5) is 11.1. The predicted octanol–water partition coefficient (Wildman–Crippen LogP) is 5.78. The van der Waals surface area contributed by atoms with Crippen molar-refractivity contribution in [1.29, 1.82) is 0 Å². The largest absolute Gasteiger partial charge is 0.369 e. The zero-order chi connectivity index (χ0) is 17.2. The summed E-state index contributed by atoms with van der Waals surface area (Å²) in [6, 6.07) is 0. The molecular formula is C20H40NO2. The number of rotatable bonds is 18. The second-order valence-electron chi connectivity index (χ2n) is 6.98. The van der Waals surface area contributed by atoms with E-state index in [2.05, 4.69) is 6.92 Å². The zero-order valence-corrected chi connectivity index (χ0v) is 15.5. The fraction of sp³-hybridized carbons (Fsp3) is 0.950. The first-order valence-electron chi connectivity index (χ1n) is 10.1. The molecule has 0 aromatic carbocycles. The van der Waals surface area contributed by atoms with Crippen molar-refractivity contribution in [2.45, 2.75) is 110 Å². The van der Waals surface area contributed by atoms with Crippen LogP contribution < -0.4 is 5.73 Å². The summed E-state index contributed by atoms with van der Waals surface area (Å²) in [5.41, 5.74) is 5.30. The lowest BCUT2D eigenvalue weighted by molar-refractivity contribution is -0.122. The van der Waals surface area contributed by atoms with Crippen molar-refractivity contribution in [1.82, 2.24) is 0 Å². The molecule has 1 radical (unpaired) electrons. The van der Waals surface area contributed by atoms with Crippen LogP contribution in [0, 0.1) is 5.92 Å². The highest BCUT2D eigenvalue weighted by Crippen LogP contribution is 2.16. The Balaban J connectivity index is 3.20. The van der Waals surface area contributed by atoms with Gasteiger partial charge in [0.2, 0.25) is 5.91 Å². The van der Waals surface area contributed by atoms with Crippen LogP contribution in [-0.4, -0.2) is 12.5 Å². The molecule has 0 aliphatic heterocycles. The minimum absolute atomic E-state index is 0.188. The number of carbonyl (C=O) groups is 1. The van der Waals surface area contributed by atoms with Gasteiger partial charge in [-0.15, -0.1) is 0 Å². The fourth-order valence-corrected chi connectivity index (χ4v) is 3.16. The third-order valence-corrected chi connectivity index (χ3v) is 4.77. The molecule has 3 heteroatoms. The first-order valence-corrected chi connectivity index (χ1v) is 10.1. The molecule has 0 aromatic rings. The minimum Gasteiger partial charge on any atom is -0.369 e. The number of carbonyl (C=O) groups excluding carboxylic acids is 1. The van der Waals surface area contributed by atoms with Crippen molar-refractivity contribution < 1.29 is 9.90 Å². The Hall–Kier alpha value is -0.570. The second-order valence-corrected chi connectivity index (χ2v) is 6.98. The quantitative estimate of drug-likeness (QED) is 0.319. The van der Waals surface area contributed by atoms with Gasteiger partial charge in [-0.1, -0.05) is 96.8 Å². The molecule has 3 nitrogen and oxygen atoms in total. The van der Waals surface area contributed by atoms with Crippen molar-refractivity contribution in [3.63, 3.8) is 0 Å². The van der Waals surface area contributed by atoms with E-state index < -0.39 is 0 Å². The highest BCUT2D eigenvalue weighted by atomic mass is 16.3. The molecule has 23 heavy (non-hydrogen) atoms. The predicted molar refractivity (Wildman–Crippen MR) is 97.8 cm³/mol. The molecule has 1 atom stereocenters. The van der Waals surface area contributed by atoms with Crippen LogP contribution in [0.5, 0.6) is 0 Å². The van der Waals surface area contributed by atoms with Gasteiger partial charge < -0.3 is 5.73 Å². The Morgan fingerprint density at radius 2 is 1.09 bits per heavy atom. The monoisotopic (exact) mass is 326 g/mol. The average Bonchev–Trinajstić information content (AvgIpc) is 2.54. The SMILES string of the molecule is CCCCCCCCCCCCCCCCC(CC[O])C(N)=O. The van der Waals surface area contributed by atoms with Gasteiger partial charge in [0.1, 0.15) is 0 Å². The van der Waals surface area contributed by atoms with Gasteiger partial charge in [0.25, 0.3) is 0 Å². The van der Waals surface area contributed by atoms with Crippen molar-refractivity contribution in [3.8, 4) is 0 Å². The third kappa shape index (κ3) is 16.1. The van der Waals surface area contributed by atoms with Crippen LogP contribution in [0.2, 0.25) is 0 Å². The van der Waals surface area contributed by atoms with Crippen LogP contribution in [-0.2, 0) is 9.90 Å². The number of amides is 1. The maximum absolute atomic E-state index is 11.1. The van der Waals surface area contributed by atoms with Crippen LogP contribution in [0.1, 0.15) is 110 Å². The molecule has 0 fully saturated rings. The van der Waals surface area contributed by atoms with Gasteiger partial charge in [0.15, 0.2) is 0 Å². The normalized spacial score (nSPS) is 12.4. The van der Waals surface area contributed by atoms with E-state index in [1.54, 1.807) is 0 Å². The number of nitrogens with two attached hydrogens (primary N) is 1. The lowest BCUT2D eigenvalue weighted by atomic mass is 9.96. The summed E-state index contributed by atoms with van der Waals surface area (Å²) >= 11 is 0. The summed E-state index contributed by atoms with van der Waals surface area (Å²) in [5, 5.41) is 10.6. The van der Waals surface area contributed by atoms with E-state index in [1.165, 1.54) is 83.5 Å². The summed E-state index contributed by atoms with van der Waals surface area (Å²) in [7, 11) is 0. The van der Waals surface area contributed by atoms with Crippen LogP contribution in [0.3, 0.4) is 0 Å². The molecule has 0 aliphatic rings. The molecule has 0 bridgehead atoms. The summed E-state index contributed by atoms with van der Waals surface area (Å²) in [6.07, 6.45) is 19.9. The Bertz CT molecular complexity index is 256. The van der Waals surface area contributed by atoms with E-state index in [1.807, 2.05) is 0 Å². The van der Waals surface area contributed by atoms with E-state index in [-0.39, 0.29) is 18.4 Å². The van der Waals surface area contributed by atoms with Gasteiger partial charge in [0, 0.05) is 5.92 Å². The summed E-state index contributed by atoms with van der Waals surface area (Å²) in [6.45, 7) is 2.08. The molecule has 137 valence electrons. The van der Waals surface area contributed by atoms with Gasteiger partial charge >= 0.3 is 0 Å². The van der Waals surface area contributed by atoms with Gasteiger partial charge in [0.05, 0.1) is 6.61 Å². The third-order valence-electron chi connectivity index (χ3n) is 4.77. The molecule has 2 N–H and O–H groups in total. The molecule has 0 aromatic heterocycles. The lowest BCUT2D eigenvalue weighted by Crippen LogP contribution is -2.23. The molecule has 0 rings (SSSR count). The van der Waals surface area contributed by atoms with E-state index in [0.717, 1.165) is 12.8 Å². The van der Waals surface area contributed by atoms with Gasteiger partial charge in [-0.3, -0.25) is 4.79 Å². The molecule has 0 saturated heterocycles. The molecule has 0 spiro atoms. The number of unbranched alkanes of at least 4 members (excludes halogenated alkanes) is 13. The maximum atomic E-state index is 11.1. The van der Waals surface area contributed by atoms with Crippen molar-refractivity contribution in [2.75, 3.05) is 6.61 Å². The van der Waals surface area contributed by atoms with E-state index in [9.17, 15) is 9.90 Å². The smallest absolute Gasteiger partial charge is 0.220 e. The molecular weight excluding hydrogens is 286 g/mol. The molecule has 0 heterocycles. The number of primary amides is 1. The highest BCUT2D eigenvalue weighted by Gasteiger charge is 2.13. The average molecular weight is 327 g/mol. The van der Waals surface area contributed by atoms with E-state index in [0.29, 0.717) is 6.42 Å². The van der Waals surface area contributed by atoms with Crippen LogP contribution in [0.15, 0.2) is 0 Å². The summed E-state index contributed by atoms with van der Waals surface area (Å²) < 4.78 is 0. The van der Waals surface area contributed by atoms with Crippen molar-refractivity contribution >= 4 is 5.91 Å². The first kappa shape index (κ1) is 22.4. The van der Waals surface area contributed by atoms with E-state index >= 15 is 0 Å². The van der Waals surface area contributed by atoms with Crippen molar-refractivity contribution in [2.24, 2.45) is 11.7 Å². The fourth-order valence-electron chi connectivity index (χ4n) is 3.16. The molecule has 1 amide bonds.